The summed E-state index contributed by atoms with van der Waals surface area (Å²) in [6.07, 6.45) is 0. The molecule has 0 aliphatic rings. The van der Waals surface area contributed by atoms with E-state index < -0.39 is 0 Å². The first kappa shape index (κ1) is 22.7. The maximum Gasteiger partial charge on any atom is 0.164 e. The van der Waals surface area contributed by atoms with Crippen LogP contribution < -0.4 is 0 Å². The molecule has 50 heavy (non-hydrogen) atoms. The van der Waals surface area contributed by atoms with E-state index in [-0.39, 0.29) is 58.1 Å². The third-order valence-corrected chi connectivity index (χ3v) is 9.00. The second kappa shape index (κ2) is 11.4. The third-order valence-electron chi connectivity index (χ3n) is 9.00. The van der Waals surface area contributed by atoms with Gasteiger partial charge in [0, 0.05) is 38.2 Å². The molecule has 3 heterocycles. The second-order valence-corrected chi connectivity index (χ2v) is 12.0. The van der Waals surface area contributed by atoms with Gasteiger partial charge in [0.15, 0.2) is 23.1 Å². The number of hydrogen-bond donors (Lipinski definition) is 0. The zero-order valence-corrected chi connectivity index (χ0v) is 26.4. The van der Waals surface area contributed by atoms with E-state index in [2.05, 4.69) is 24.3 Å². The van der Waals surface area contributed by atoms with Crippen LogP contribution in [0.3, 0.4) is 0 Å². The molecule has 0 radical (unpaired) electrons. The van der Waals surface area contributed by atoms with Gasteiger partial charge in [-0.25, -0.2) is 15.0 Å². The zero-order chi connectivity index (χ0) is 38.2. The van der Waals surface area contributed by atoms with Crippen molar-refractivity contribution >= 4 is 43.7 Å². The SMILES string of the molecule is [2H]c1cc([2H])c2c(c1[2H])c1c([2H])c([2H])cc([2H])c1n2-c1cccc2c1oc1cc(-c3nc(-c4ccccc4)nc(-c4cccc(-c5ccccc5)c4)n3)ccc12. The highest BCUT2D eigenvalue weighted by Gasteiger charge is 2.19. The van der Waals surface area contributed by atoms with Crippen molar-refractivity contribution in [3.05, 3.63) is 170 Å². The van der Waals surface area contributed by atoms with E-state index in [0.717, 1.165) is 33.0 Å². The van der Waals surface area contributed by atoms with Gasteiger partial charge >= 0.3 is 0 Å². The number of fused-ring (bicyclic) bond motifs is 6. The summed E-state index contributed by atoms with van der Waals surface area (Å²) in [6.45, 7) is 0. The van der Waals surface area contributed by atoms with Crippen molar-refractivity contribution in [1.82, 2.24) is 19.5 Å². The predicted octanol–water partition coefficient (Wildman–Crippen LogP) is 11.5. The largest absolute Gasteiger partial charge is 0.454 e. The maximum absolute atomic E-state index is 8.93. The molecule has 5 nitrogen and oxygen atoms in total. The smallest absolute Gasteiger partial charge is 0.164 e. The Morgan fingerprint density at radius 2 is 1.02 bits per heavy atom. The van der Waals surface area contributed by atoms with Crippen LogP contribution in [0.15, 0.2) is 174 Å². The van der Waals surface area contributed by atoms with Crippen molar-refractivity contribution in [2.75, 3.05) is 0 Å². The van der Waals surface area contributed by atoms with Gasteiger partial charge in [-0.15, -0.1) is 0 Å². The Morgan fingerprint density at radius 1 is 0.440 bits per heavy atom. The Kier molecular flexibility index (Phi) is 5.17. The van der Waals surface area contributed by atoms with Crippen LogP contribution in [0.25, 0.3) is 94.7 Å². The minimum absolute atomic E-state index is 0.0351. The van der Waals surface area contributed by atoms with E-state index in [9.17, 15) is 0 Å². The molecule has 0 N–H and O–H groups in total. The van der Waals surface area contributed by atoms with Gasteiger partial charge in [0.05, 0.1) is 24.9 Å². The lowest BCUT2D eigenvalue weighted by molar-refractivity contribution is 0.666. The second-order valence-electron chi connectivity index (χ2n) is 12.0. The molecule has 0 spiro atoms. The van der Waals surface area contributed by atoms with E-state index in [1.54, 1.807) is 4.57 Å². The molecular formula is C45H28N4O. The van der Waals surface area contributed by atoms with E-state index in [4.69, 9.17) is 27.6 Å². The van der Waals surface area contributed by atoms with Crippen molar-refractivity contribution in [3.63, 3.8) is 0 Å². The number of benzene rings is 7. The van der Waals surface area contributed by atoms with E-state index >= 15 is 0 Å². The molecule has 7 aromatic carbocycles. The Morgan fingerprint density at radius 3 is 1.72 bits per heavy atom. The van der Waals surface area contributed by atoms with Gasteiger partial charge in [0.2, 0.25) is 0 Å². The topological polar surface area (TPSA) is 56.7 Å². The van der Waals surface area contributed by atoms with Crippen LogP contribution in [0.5, 0.6) is 0 Å². The highest BCUT2D eigenvalue weighted by Crippen LogP contribution is 2.39. The van der Waals surface area contributed by atoms with Crippen LogP contribution in [-0.2, 0) is 0 Å². The predicted molar refractivity (Wildman–Crippen MR) is 203 cm³/mol. The average Bonchev–Trinajstić information content (AvgIpc) is 3.80. The molecule has 0 bridgehead atoms. The lowest BCUT2D eigenvalue weighted by atomic mass is 10.0. The van der Waals surface area contributed by atoms with Crippen LogP contribution in [0.1, 0.15) is 8.22 Å². The molecule has 0 amide bonds. The Balaban J connectivity index is 1.18. The van der Waals surface area contributed by atoms with Gasteiger partial charge < -0.3 is 8.98 Å². The van der Waals surface area contributed by atoms with E-state index in [1.165, 1.54) is 12.1 Å². The summed E-state index contributed by atoms with van der Waals surface area (Å²) in [6, 6.07) is 41.3. The number of rotatable bonds is 5. The lowest BCUT2D eigenvalue weighted by Gasteiger charge is -2.09. The quantitative estimate of drug-likeness (QED) is 0.187. The fourth-order valence-corrected chi connectivity index (χ4v) is 6.67. The monoisotopic (exact) mass is 646 g/mol. The van der Waals surface area contributed by atoms with Crippen molar-refractivity contribution in [1.29, 1.82) is 0 Å². The van der Waals surface area contributed by atoms with Gasteiger partial charge in [-0.2, -0.15) is 0 Å². The summed E-state index contributed by atoms with van der Waals surface area (Å²) in [7, 11) is 0. The molecule has 0 saturated carbocycles. The Bertz CT molecular complexity index is 3150. The Labute approximate surface area is 296 Å². The summed E-state index contributed by atoms with van der Waals surface area (Å²) in [5.41, 5.74) is 6.60. The normalized spacial score (nSPS) is 13.3. The summed E-state index contributed by atoms with van der Waals surface area (Å²) in [5, 5.41) is 1.98. The van der Waals surface area contributed by atoms with Crippen molar-refractivity contribution in [2.24, 2.45) is 0 Å². The molecule has 0 fully saturated rings. The van der Waals surface area contributed by atoms with Crippen LogP contribution >= 0.6 is 0 Å². The molecule has 0 atom stereocenters. The minimum Gasteiger partial charge on any atom is -0.454 e. The molecule has 0 aliphatic carbocycles. The van der Waals surface area contributed by atoms with Crippen LogP contribution in [-0.4, -0.2) is 19.5 Å². The summed E-state index contributed by atoms with van der Waals surface area (Å²) < 4.78 is 60.5. The fourth-order valence-electron chi connectivity index (χ4n) is 6.67. The number of nitrogens with zero attached hydrogens (tertiary/aromatic N) is 4. The van der Waals surface area contributed by atoms with E-state index in [0.29, 0.717) is 39.9 Å². The summed E-state index contributed by atoms with van der Waals surface area (Å²) in [4.78, 5) is 14.9. The summed E-state index contributed by atoms with van der Waals surface area (Å²) >= 11 is 0. The number of para-hydroxylation sites is 3. The molecule has 0 saturated heterocycles. The first-order valence-corrected chi connectivity index (χ1v) is 16.2. The molecule has 234 valence electrons. The molecule has 3 aromatic heterocycles. The van der Waals surface area contributed by atoms with Crippen molar-refractivity contribution in [3.8, 4) is 51.0 Å². The van der Waals surface area contributed by atoms with E-state index in [1.807, 2.05) is 97.1 Å². The van der Waals surface area contributed by atoms with Crippen LogP contribution in [0, 0.1) is 0 Å². The molecule has 10 aromatic rings. The van der Waals surface area contributed by atoms with Gasteiger partial charge in [0.25, 0.3) is 0 Å². The highest BCUT2D eigenvalue weighted by molar-refractivity contribution is 6.13. The first-order valence-electron chi connectivity index (χ1n) is 19.2. The molecular weight excluding hydrogens is 613 g/mol. The lowest BCUT2D eigenvalue weighted by Crippen LogP contribution is -2.00. The fraction of sp³-hybridized carbons (Fsp3) is 0. The van der Waals surface area contributed by atoms with Crippen molar-refractivity contribution in [2.45, 2.75) is 0 Å². The van der Waals surface area contributed by atoms with Crippen molar-refractivity contribution < 1.29 is 12.6 Å². The minimum atomic E-state index is -0.168. The summed E-state index contributed by atoms with van der Waals surface area (Å²) in [5.74, 6) is 1.52. The van der Waals surface area contributed by atoms with Crippen LogP contribution in [0.4, 0.5) is 0 Å². The molecule has 0 unspecified atom stereocenters. The van der Waals surface area contributed by atoms with Gasteiger partial charge in [-0.3, -0.25) is 0 Å². The third kappa shape index (κ3) is 4.60. The highest BCUT2D eigenvalue weighted by atomic mass is 16.3. The molecule has 0 aliphatic heterocycles. The molecule has 10 rings (SSSR count). The number of furan rings is 1. The Hall–Kier alpha value is -6.85. The van der Waals surface area contributed by atoms with Gasteiger partial charge in [-0.05, 0) is 47.5 Å². The average molecular weight is 647 g/mol. The standard InChI is InChI=1S/C45H28N4O/c1-3-13-29(14-4-1)31-17-11-18-32(27-31)44-46-43(30-15-5-2-6-16-30)47-45(48-44)33-25-26-36-37-21-12-24-40(42(37)50-41(36)28-33)49-38-22-9-7-19-34(38)35-20-8-10-23-39(35)49/h1-28H/i7D,8D,19D,20D,22D,23D. The maximum atomic E-state index is 8.93. The zero-order valence-electron chi connectivity index (χ0n) is 32.4. The van der Waals surface area contributed by atoms with Crippen LogP contribution in [0.2, 0.25) is 0 Å². The first-order chi connectivity index (χ1) is 27.2. The van der Waals surface area contributed by atoms with Gasteiger partial charge in [0.1, 0.15) is 5.58 Å². The number of aromatic nitrogens is 4. The molecule has 5 heteroatoms. The van der Waals surface area contributed by atoms with Gasteiger partial charge in [-0.1, -0.05) is 133 Å². The number of hydrogen-bond acceptors (Lipinski definition) is 4.